The van der Waals surface area contributed by atoms with Crippen LogP contribution in [0, 0.1) is 17.3 Å². The Morgan fingerprint density at radius 3 is 2.17 bits per heavy atom. The molecule has 12 heteroatoms. The Bertz CT molecular complexity index is 1510. The first-order valence-electron chi connectivity index (χ1n) is 13.9. The van der Waals surface area contributed by atoms with E-state index in [1.807, 2.05) is 4.90 Å². The van der Waals surface area contributed by atoms with Crippen LogP contribution in [0.15, 0.2) is 47.4 Å². The number of nitrogens with one attached hydrogen (secondary N) is 1. The molecule has 10 nitrogen and oxygen atoms in total. The van der Waals surface area contributed by atoms with Gasteiger partial charge in [-0.05, 0) is 67.6 Å². The molecular formula is C29H39N3O7S2. The third-order valence-corrected chi connectivity index (χ3v) is 11.6. The molecule has 3 atom stereocenters. The number of anilines is 3. The van der Waals surface area contributed by atoms with Crippen molar-refractivity contribution in [2.75, 3.05) is 46.7 Å². The van der Waals surface area contributed by atoms with Crippen molar-refractivity contribution in [2.45, 2.75) is 50.8 Å². The van der Waals surface area contributed by atoms with Crippen LogP contribution in [-0.2, 0) is 24.7 Å². The molecule has 1 heterocycles. The Morgan fingerprint density at radius 2 is 1.61 bits per heavy atom. The topological polar surface area (TPSA) is 141 Å². The number of carboxylic acids is 1. The quantitative estimate of drug-likeness (QED) is 0.323. The number of rotatable bonds is 13. The first-order valence-corrected chi connectivity index (χ1v) is 17.4. The van der Waals surface area contributed by atoms with Crippen molar-refractivity contribution in [1.82, 2.24) is 0 Å². The molecule has 2 fully saturated rings. The van der Waals surface area contributed by atoms with E-state index in [0.29, 0.717) is 30.9 Å². The first kappa shape index (κ1) is 30.8. The van der Waals surface area contributed by atoms with Gasteiger partial charge in [-0.15, -0.1) is 0 Å². The second-order valence-corrected chi connectivity index (χ2v) is 15.5. The smallest absolute Gasteiger partial charge is 0.310 e. The van der Waals surface area contributed by atoms with Gasteiger partial charge in [0, 0.05) is 31.5 Å². The largest absolute Gasteiger partial charge is 0.481 e. The van der Waals surface area contributed by atoms with Gasteiger partial charge < -0.3 is 15.3 Å². The second-order valence-electron chi connectivity index (χ2n) is 11.3. The van der Waals surface area contributed by atoms with Gasteiger partial charge in [-0.3, -0.25) is 13.9 Å². The molecular weight excluding hydrogens is 566 g/mol. The van der Waals surface area contributed by atoms with Crippen LogP contribution in [0.4, 0.5) is 17.1 Å². The van der Waals surface area contributed by atoms with Gasteiger partial charge in [0.2, 0.25) is 10.0 Å². The van der Waals surface area contributed by atoms with Gasteiger partial charge >= 0.3 is 5.97 Å². The number of carbonyl (C=O) groups excluding carboxylic acids is 1. The highest BCUT2D eigenvalue weighted by molar-refractivity contribution is 7.92. The summed E-state index contributed by atoms with van der Waals surface area (Å²) in [6, 6.07) is 10.9. The van der Waals surface area contributed by atoms with Crippen LogP contribution < -0.4 is 14.5 Å². The summed E-state index contributed by atoms with van der Waals surface area (Å²) in [6.45, 7) is 4.93. The normalized spacial score (nSPS) is 21.8. The molecule has 1 saturated carbocycles. The number of hydrogen-bond acceptors (Lipinski definition) is 7. The molecule has 0 spiro atoms. The molecule has 2 N–H and O–H groups in total. The predicted octanol–water partition coefficient (Wildman–Crippen LogP) is 4.24. The van der Waals surface area contributed by atoms with Crippen LogP contribution in [0.2, 0.25) is 0 Å². The summed E-state index contributed by atoms with van der Waals surface area (Å²) in [4.78, 5) is 27.3. The number of sulfone groups is 1. The number of fused-ring (bicyclic) bond motifs is 1. The molecule has 224 valence electrons. The molecule has 2 aliphatic rings. The monoisotopic (exact) mass is 605 g/mol. The van der Waals surface area contributed by atoms with Gasteiger partial charge in [-0.2, -0.15) is 0 Å². The number of hydrogen-bond donors (Lipinski definition) is 2. The van der Waals surface area contributed by atoms with E-state index in [9.17, 15) is 31.5 Å². The van der Waals surface area contributed by atoms with Crippen LogP contribution in [0.3, 0.4) is 0 Å². The molecule has 4 rings (SSSR count). The van der Waals surface area contributed by atoms with E-state index in [4.69, 9.17) is 0 Å². The number of carbonyl (C=O) groups is 2. The maximum Gasteiger partial charge on any atom is 0.310 e. The Hall–Kier alpha value is -3.12. The van der Waals surface area contributed by atoms with Crippen molar-refractivity contribution in [3.05, 3.63) is 48.0 Å². The number of unbranched alkanes of at least 4 members (excludes halogenated alkanes) is 4. The molecule has 0 bridgehead atoms. The number of sulfonamides is 1. The van der Waals surface area contributed by atoms with Crippen molar-refractivity contribution in [1.29, 1.82) is 0 Å². The molecule has 2 aromatic rings. The lowest BCUT2D eigenvalue weighted by Crippen LogP contribution is -2.31. The lowest BCUT2D eigenvalue weighted by Gasteiger charge is -2.26. The number of aliphatic carboxylic acids is 1. The minimum Gasteiger partial charge on any atom is -0.481 e. The summed E-state index contributed by atoms with van der Waals surface area (Å²) in [5.41, 5.74) is 0.648. The number of amides is 1. The van der Waals surface area contributed by atoms with Crippen LogP contribution in [0.1, 0.15) is 56.3 Å². The van der Waals surface area contributed by atoms with Gasteiger partial charge in [-0.25, -0.2) is 16.8 Å². The fraction of sp³-hybridized carbons (Fsp3) is 0.517. The fourth-order valence-corrected chi connectivity index (χ4v) is 7.61. The van der Waals surface area contributed by atoms with Gasteiger partial charge in [0.05, 0.1) is 33.6 Å². The molecule has 1 saturated heterocycles. The highest BCUT2D eigenvalue weighted by atomic mass is 32.2. The number of piperidine rings is 1. The van der Waals surface area contributed by atoms with E-state index in [-0.39, 0.29) is 33.7 Å². The van der Waals surface area contributed by atoms with Crippen LogP contribution in [0.25, 0.3) is 0 Å². The van der Waals surface area contributed by atoms with Crippen molar-refractivity contribution in [3.8, 4) is 0 Å². The van der Waals surface area contributed by atoms with Gasteiger partial charge in [0.15, 0.2) is 9.84 Å². The van der Waals surface area contributed by atoms with E-state index >= 15 is 0 Å². The minimum absolute atomic E-state index is 0.0155. The molecule has 0 aromatic heterocycles. The maximum atomic E-state index is 13.5. The summed E-state index contributed by atoms with van der Waals surface area (Å²) < 4.78 is 51.1. The maximum absolute atomic E-state index is 13.5. The lowest BCUT2D eigenvalue weighted by atomic mass is 10.0. The molecule has 41 heavy (non-hydrogen) atoms. The summed E-state index contributed by atoms with van der Waals surface area (Å²) in [6.07, 6.45) is 5.69. The zero-order valence-corrected chi connectivity index (χ0v) is 25.6. The Kier molecular flexibility index (Phi) is 8.75. The second kappa shape index (κ2) is 11.6. The third kappa shape index (κ3) is 6.38. The summed E-state index contributed by atoms with van der Waals surface area (Å²) in [7, 11) is -5.74. The lowest BCUT2D eigenvalue weighted by molar-refractivity contribution is -0.143. The van der Waals surface area contributed by atoms with Crippen molar-refractivity contribution in [2.24, 2.45) is 17.3 Å². The van der Waals surface area contributed by atoms with Crippen molar-refractivity contribution in [3.63, 3.8) is 0 Å². The average molecular weight is 606 g/mol. The van der Waals surface area contributed by atoms with Crippen molar-refractivity contribution >= 4 is 48.8 Å². The van der Waals surface area contributed by atoms with Crippen LogP contribution in [-0.4, -0.2) is 66.0 Å². The predicted molar refractivity (Wildman–Crippen MR) is 160 cm³/mol. The van der Waals surface area contributed by atoms with Gasteiger partial charge in [0.25, 0.3) is 5.91 Å². The summed E-state index contributed by atoms with van der Waals surface area (Å²) in [5.74, 6) is -1.25. The number of nitrogens with zero attached hydrogens (tertiary/aromatic N) is 2. The third-order valence-electron chi connectivity index (χ3n) is 8.63. The zero-order chi connectivity index (χ0) is 30.2. The fourth-order valence-electron chi connectivity index (χ4n) is 5.72. The van der Waals surface area contributed by atoms with E-state index in [2.05, 4.69) is 12.2 Å². The van der Waals surface area contributed by atoms with E-state index in [1.54, 1.807) is 25.1 Å². The highest BCUT2D eigenvalue weighted by Gasteiger charge is 2.69. The van der Waals surface area contributed by atoms with E-state index in [1.165, 1.54) is 31.3 Å². The molecule has 1 aliphatic heterocycles. The van der Waals surface area contributed by atoms with Gasteiger partial charge in [-0.1, -0.05) is 32.6 Å². The van der Waals surface area contributed by atoms with E-state index < -0.39 is 37.2 Å². The van der Waals surface area contributed by atoms with E-state index in [0.717, 1.165) is 36.2 Å². The SMILES string of the molecule is CCCCCCCS(=O)(=O)c1ccc(NC(=O)c2cc(N3C[C@@H]4[C@H](C3)C4(C)C(=O)O)ccc2N(C)S(C)(=O)=O)cc1. The highest BCUT2D eigenvalue weighted by Crippen LogP contribution is 2.63. The first-order chi connectivity index (χ1) is 19.2. The van der Waals surface area contributed by atoms with Crippen molar-refractivity contribution < 1.29 is 31.5 Å². The Morgan fingerprint density at radius 1 is 1.00 bits per heavy atom. The molecule has 0 radical (unpaired) electrons. The standard InChI is InChI=1S/C29H39N3O7S2/c1-5-6-7-8-9-16-41(38,39)22-13-10-20(11-14-22)30-27(33)23-17-21(12-15-26(23)31(3)40(4,36)37)32-18-24-25(19-32)29(24,2)28(34)35/h10-15,17,24-25H,5-9,16,18-19H2,1-4H3,(H,30,33)(H,34,35)/t24-,25+,29?. The Labute approximate surface area is 242 Å². The minimum atomic E-state index is -3.67. The van der Waals surface area contributed by atoms with Crippen LogP contribution >= 0.6 is 0 Å². The summed E-state index contributed by atoms with van der Waals surface area (Å²) >= 11 is 0. The van der Waals surface area contributed by atoms with Gasteiger partial charge in [0.1, 0.15) is 0 Å². The summed E-state index contributed by atoms with van der Waals surface area (Å²) in [5, 5.41) is 12.3. The molecule has 2 aromatic carbocycles. The zero-order valence-electron chi connectivity index (χ0n) is 24.0. The Balaban J connectivity index is 1.51. The number of benzene rings is 2. The molecule has 1 unspecified atom stereocenters. The number of carboxylic acid groups (broad SMARTS) is 1. The molecule has 1 aliphatic carbocycles. The van der Waals surface area contributed by atoms with Crippen LogP contribution in [0.5, 0.6) is 0 Å². The average Bonchev–Trinajstić information content (AvgIpc) is 3.24. The molecule has 1 amide bonds.